The summed E-state index contributed by atoms with van der Waals surface area (Å²) in [7, 11) is 3.02. The third kappa shape index (κ3) is 3.26. The van der Waals surface area contributed by atoms with E-state index in [1.807, 2.05) is 18.2 Å². The third-order valence-corrected chi connectivity index (χ3v) is 2.47. The van der Waals surface area contributed by atoms with Gasteiger partial charge < -0.3 is 9.47 Å². The van der Waals surface area contributed by atoms with Gasteiger partial charge >= 0.3 is 5.97 Å². The molecule has 3 heteroatoms. The van der Waals surface area contributed by atoms with Gasteiger partial charge in [-0.15, -0.1) is 0 Å². The average molecular weight is 222 g/mol. The number of carbonyl (C=O) groups excluding carboxylic acids is 1. The molecule has 1 rings (SSSR count). The van der Waals surface area contributed by atoms with Crippen molar-refractivity contribution in [1.29, 1.82) is 0 Å². The van der Waals surface area contributed by atoms with E-state index in [9.17, 15) is 4.79 Å². The van der Waals surface area contributed by atoms with Crippen LogP contribution in [0.2, 0.25) is 0 Å². The van der Waals surface area contributed by atoms with Crippen molar-refractivity contribution in [3.05, 3.63) is 29.3 Å². The Morgan fingerprint density at radius 1 is 1.25 bits per heavy atom. The molecule has 1 aromatic carbocycles. The number of benzene rings is 1. The van der Waals surface area contributed by atoms with E-state index < -0.39 is 0 Å². The Labute approximate surface area is 96.4 Å². The topological polar surface area (TPSA) is 35.5 Å². The summed E-state index contributed by atoms with van der Waals surface area (Å²) in [6, 6.07) is 5.87. The first-order valence-corrected chi connectivity index (χ1v) is 5.31. The quantitative estimate of drug-likeness (QED) is 0.734. The molecule has 0 saturated carbocycles. The van der Waals surface area contributed by atoms with Crippen molar-refractivity contribution < 1.29 is 14.3 Å². The molecule has 0 saturated heterocycles. The fraction of sp³-hybridized carbons (Fsp3) is 0.462. The smallest absolute Gasteiger partial charge is 0.309 e. The Hall–Kier alpha value is -1.51. The minimum atomic E-state index is -0.233. The summed E-state index contributed by atoms with van der Waals surface area (Å²) in [4.78, 5) is 11.2. The van der Waals surface area contributed by atoms with Gasteiger partial charge in [-0.25, -0.2) is 0 Å². The molecule has 0 aromatic heterocycles. The summed E-state index contributed by atoms with van der Waals surface area (Å²) in [6.07, 6.45) is 0.285. The van der Waals surface area contributed by atoms with E-state index in [1.54, 1.807) is 7.11 Å². The molecule has 0 aliphatic carbocycles. The Morgan fingerprint density at radius 3 is 2.44 bits per heavy atom. The number of hydrogen-bond donors (Lipinski definition) is 0. The van der Waals surface area contributed by atoms with Gasteiger partial charge in [-0.2, -0.15) is 0 Å². The number of methoxy groups -OCH3 is 2. The maximum absolute atomic E-state index is 11.2. The second-order valence-corrected chi connectivity index (χ2v) is 4.02. The maximum atomic E-state index is 11.2. The van der Waals surface area contributed by atoms with Gasteiger partial charge in [0.05, 0.1) is 20.6 Å². The molecule has 0 heterocycles. The highest BCUT2D eigenvalue weighted by molar-refractivity contribution is 5.72. The van der Waals surface area contributed by atoms with E-state index in [0.717, 1.165) is 11.3 Å². The molecule has 88 valence electrons. The van der Waals surface area contributed by atoms with Crippen molar-refractivity contribution in [3.8, 4) is 5.75 Å². The van der Waals surface area contributed by atoms with E-state index >= 15 is 0 Å². The number of esters is 1. The zero-order valence-electron chi connectivity index (χ0n) is 10.2. The summed E-state index contributed by atoms with van der Waals surface area (Å²) in [6.45, 7) is 4.22. The lowest BCUT2D eigenvalue weighted by atomic mass is 9.99. The highest BCUT2D eigenvalue weighted by Crippen LogP contribution is 2.23. The maximum Gasteiger partial charge on any atom is 0.309 e. The molecule has 3 nitrogen and oxygen atoms in total. The van der Waals surface area contributed by atoms with Crippen LogP contribution in [-0.2, 0) is 16.0 Å². The van der Waals surface area contributed by atoms with Gasteiger partial charge in [0.2, 0.25) is 0 Å². The monoisotopic (exact) mass is 222 g/mol. The van der Waals surface area contributed by atoms with E-state index in [4.69, 9.17) is 4.74 Å². The first-order chi connectivity index (χ1) is 7.56. The second kappa shape index (κ2) is 5.54. The number of rotatable bonds is 4. The molecule has 0 aliphatic heterocycles. The normalized spacial score (nSPS) is 10.3. The van der Waals surface area contributed by atoms with Crippen LogP contribution in [0.4, 0.5) is 0 Å². The molecule has 0 unspecified atom stereocenters. The Balaban J connectivity index is 2.99. The van der Waals surface area contributed by atoms with E-state index in [0.29, 0.717) is 5.92 Å². The summed E-state index contributed by atoms with van der Waals surface area (Å²) in [5.41, 5.74) is 2.09. The first-order valence-electron chi connectivity index (χ1n) is 5.31. The minimum absolute atomic E-state index is 0.233. The van der Waals surface area contributed by atoms with Gasteiger partial charge in [-0.1, -0.05) is 19.9 Å². The lowest BCUT2D eigenvalue weighted by Crippen LogP contribution is -2.05. The van der Waals surface area contributed by atoms with Crippen LogP contribution in [0, 0.1) is 0 Å². The molecule has 16 heavy (non-hydrogen) atoms. The zero-order chi connectivity index (χ0) is 12.1. The molecule has 0 amide bonds. The van der Waals surface area contributed by atoms with Crippen LogP contribution in [-0.4, -0.2) is 20.2 Å². The molecule has 0 atom stereocenters. The number of hydrogen-bond acceptors (Lipinski definition) is 3. The fourth-order valence-electron chi connectivity index (χ4n) is 1.48. The molecule has 0 spiro atoms. The Bertz CT molecular complexity index is 369. The average Bonchev–Trinajstić information content (AvgIpc) is 2.28. The molecule has 0 bridgehead atoms. The van der Waals surface area contributed by atoms with Gasteiger partial charge in [0.1, 0.15) is 5.75 Å². The molecule has 0 fully saturated rings. The lowest BCUT2D eigenvalue weighted by molar-refractivity contribution is -0.139. The van der Waals surface area contributed by atoms with Crippen molar-refractivity contribution in [1.82, 2.24) is 0 Å². The van der Waals surface area contributed by atoms with Gasteiger partial charge in [0.25, 0.3) is 0 Å². The predicted octanol–water partition coefficient (Wildman–Crippen LogP) is 2.53. The standard InChI is InChI=1S/C13H18O3/c1-9(2)11-5-10(7-13(14)16-4)6-12(8-11)15-3/h5-6,8-9H,7H2,1-4H3. The lowest BCUT2D eigenvalue weighted by Gasteiger charge is -2.11. The van der Waals surface area contributed by atoms with Crippen molar-refractivity contribution >= 4 is 5.97 Å². The summed E-state index contributed by atoms with van der Waals surface area (Å²) in [5, 5.41) is 0. The van der Waals surface area contributed by atoms with Crippen LogP contribution in [0.1, 0.15) is 30.9 Å². The first kappa shape index (κ1) is 12.6. The van der Waals surface area contributed by atoms with Crippen molar-refractivity contribution in [2.24, 2.45) is 0 Å². The number of carbonyl (C=O) groups is 1. The van der Waals surface area contributed by atoms with Crippen LogP contribution in [0.5, 0.6) is 5.75 Å². The largest absolute Gasteiger partial charge is 0.497 e. The molecular weight excluding hydrogens is 204 g/mol. The summed E-state index contributed by atoms with van der Waals surface area (Å²) in [5.74, 6) is 0.958. The molecule has 1 aromatic rings. The zero-order valence-corrected chi connectivity index (χ0v) is 10.2. The Kier molecular flexibility index (Phi) is 4.35. The van der Waals surface area contributed by atoms with Gasteiger partial charge in [-0.05, 0) is 29.2 Å². The molecular formula is C13H18O3. The molecule has 0 radical (unpaired) electrons. The Morgan fingerprint density at radius 2 is 1.94 bits per heavy atom. The molecule has 0 aliphatic rings. The van der Waals surface area contributed by atoms with Crippen LogP contribution in [0.3, 0.4) is 0 Å². The van der Waals surface area contributed by atoms with Gasteiger partial charge in [0, 0.05) is 0 Å². The summed E-state index contributed by atoms with van der Waals surface area (Å²) >= 11 is 0. The minimum Gasteiger partial charge on any atom is -0.497 e. The summed E-state index contributed by atoms with van der Waals surface area (Å²) < 4.78 is 9.86. The van der Waals surface area contributed by atoms with Crippen LogP contribution in [0.15, 0.2) is 18.2 Å². The van der Waals surface area contributed by atoms with Crippen molar-refractivity contribution in [2.75, 3.05) is 14.2 Å². The van der Waals surface area contributed by atoms with Crippen LogP contribution >= 0.6 is 0 Å². The van der Waals surface area contributed by atoms with Crippen molar-refractivity contribution in [3.63, 3.8) is 0 Å². The molecule has 0 N–H and O–H groups in total. The number of ether oxygens (including phenoxy) is 2. The van der Waals surface area contributed by atoms with Crippen molar-refractivity contribution in [2.45, 2.75) is 26.2 Å². The predicted molar refractivity (Wildman–Crippen MR) is 62.8 cm³/mol. The highest BCUT2D eigenvalue weighted by atomic mass is 16.5. The van der Waals surface area contributed by atoms with E-state index in [-0.39, 0.29) is 12.4 Å². The van der Waals surface area contributed by atoms with Gasteiger partial charge in [-0.3, -0.25) is 4.79 Å². The van der Waals surface area contributed by atoms with E-state index in [1.165, 1.54) is 12.7 Å². The third-order valence-electron chi connectivity index (χ3n) is 2.47. The van der Waals surface area contributed by atoms with E-state index in [2.05, 4.69) is 18.6 Å². The highest BCUT2D eigenvalue weighted by Gasteiger charge is 2.08. The second-order valence-electron chi connectivity index (χ2n) is 4.02. The van der Waals surface area contributed by atoms with Crippen LogP contribution in [0.25, 0.3) is 0 Å². The van der Waals surface area contributed by atoms with Gasteiger partial charge in [0.15, 0.2) is 0 Å². The van der Waals surface area contributed by atoms with Crippen LogP contribution < -0.4 is 4.74 Å². The fourth-order valence-corrected chi connectivity index (χ4v) is 1.48. The SMILES string of the molecule is COC(=O)Cc1cc(OC)cc(C(C)C)c1.